The third-order valence-corrected chi connectivity index (χ3v) is 4.22. The van der Waals surface area contributed by atoms with E-state index < -0.39 is 0 Å². The molecule has 18 heavy (non-hydrogen) atoms. The first-order valence-corrected chi connectivity index (χ1v) is 6.95. The van der Waals surface area contributed by atoms with Crippen molar-refractivity contribution in [2.24, 2.45) is 0 Å². The van der Waals surface area contributed by atoms with Crippen LogP contribution in [0.5, 0.6) is 5.75 Å². The highest BCUT2D eigenvalue weighted by Gasteiger charge is 2.12. The summed E-state index contributed by atoms with van der Waals surface area (Å²) in [5.41, 5.74) is 1.28. The van der Waals surface area contributed by atoms with E-state index in [1.165, 1.54) is 10.4 Å². The predicted octanol–water partition coefficient (Wildman–Crippen LogP) is 3.95. The molecular formula is C15H19NOS. The minimum Gasteiger partial charge on any atom is -0.497 e. The second-order valence-corrected chi connectivity index (χ2v) is 5.44. The standard InChI is InChI=1S/C15H19NOS/c1-12(15-8-5-9-18-15)16(2)11-13-6-4-7-14(10-13)17-3/h4-10,12H,11H2,1-3H3. The molecule has 1 atom stereocenters. The molecule has 2 rings (SSSR count). The number of methoxy groups -OCH3 is 1. The Hall–Kier alpha value is -1.32. The summed E-state index contributed by atoms with van der Waals surface area (Å²) in [5, 5.41) is 2.13. The van der Waals surface area contributed by atoms with E-state index >= 15 is 0 Å². The van der Waals surface area contributed by atoms with Crippen LogP contribution >= 0.6 is 11.3 Å². The predicted molar refractivity (Wildman–Crippen MR) is 77.2 cm³/mol. The molecule has 1 heterocycles. The van der Waals surface area contributed by atoms with Gasteiger partial charge in [0.25, 0.3) is 0 Å². The summed E-state index contributed by atoms with van der Waals surface area (Å²) >= 11 is 1.81. The van der Waals surface area contributed by atoms with Crippen LogP contribution in [0.25, 0.3) is 0 Å². The van der Waals surface area contributed by atoms with Gasteiger partial charge in [0.1, 0.15) is 5.75 Å². The van der Waals surface area contributed by atoms with Gasteiger partial charge in [0.15, 0.2) is 0 Å². The van der Waals surface area contributed by atoms with Crippen LogP contribution in [0.15, 0.2) is 41.8 Å². The monoisotopic (exact) mass is 261 g/mol. The summed E-state index contributed by atoms with van der Waals surface area (Å²) in [6.45, 7) is 3.17. The molecular weight excluding hydrogens is 242 g/mol. The van der Waals surface area contributed by atoms with Gasteiger partial charge in [-0.3, -0.25) is 4.90 Å². The van der Waals surface area contributed by atoms with E-state index in [2.05, 4.69) is 48.5 Å². The molecule has 0 N–H and O–H groups in total. The Labute approximate surface area is 113 Å². The summed E-state index contributed by atoms with van der Waals surface area (Å²) in [6, 6.07) is 13.0. The van der Waals surface area contributed by atoms with Gasteiger partial charge < -0.3 is 4.74 Å². The molecule has 0 aliphatic rings. The molecule has 0 bridgehead atoms. The lowest BCUT2D eigenvalue weighted by atomic mass is 10.1. The van der Waals surface area contributed by atoms with Crippen LogP contribution in [0.1, 0.15) is 23.4 Å². The summed E-state index contributed by atoms with van der Waals surface area (Å²) in [4.78, 5) is 3.75. The molecule has 3 heteroatoms. The van der Waals surface area contributed by atoms with Crippen molar-refractivity contribution < 1.29 is 4.74 Å². The molecule has 2 nitrogen and oxygen atoms in total. The van der Waals surface area contributed by atoms with Crippen molar-refractivity contribution in [1.82, 2.24) is 4.90 Å². The zero-order valence-corrected chi connectivity index (χ0v) is 11.9. The van der Waals surface area contributed by atoms with Crippen molar-refractivity contribution in [3.63, 3.8) is 0 Å². The number of hydrogen-bond donors (Lipinski definition) is 0. The van der Waals surface area contributed by atoms with Gasteiger partial charge in [-0.25, -0.2) is 0 Å². The molecule has 1 aromatic carbocycles. The Balaban J connectivity index is 2.04. The van der Waals surface area contributed by atoms with E-state index in [1.54, 1.807) is 7.11 Å². The summed E-state index contributed by atoms with van der Waals surface area (Å²) in [5.74, 6) is 0.921. The van der Waals surface area contributed by atoms with Crippen LogP contribution in [-0.4, -0.2) is 19.1 Å². The number of thiophene rings is 1. The fourth-order valence-electron chi connectivity index (χ4n) is 1.94. The molecule has 0 fully saturated rings. The number of nitrogens with zero attached hydrogens (tertiary/aromatic N) is 1. The normalized spacial score (nSPS) is 12.7. The molecule has 0 aliphatic heterocycles. The topological polar surface area (TPSA) is 12.5 Å². The third kappa shape index (κ3) is 3.12. The molecule has 2 aromatic rings. The SMILES string of the molecule is COc1cccc(CN(C)C(C)c2cccs2)c1. The molecule has 0 aliphatic carbocycles. The lowest BCUT2D eigenvalue weighted by Crippen LogP contribution is -2.21. The van der Waals surface area contributed by atoms with Gasteiger partial charge in [0, 0.05) is 17.5 Å². The molecule has 0 spiro atoms. The van der Waals surface area contributed by atoms with E-state index in [-0.39, 0.29) is 0 Å². The number of benzene rings is 1. The van der Waals surface area contributed by atoms with Crippen LogP contribution < -0.4 is 4.74 Å². The Kier molecular flexibility index (Phi) is 4.39. The van der Waals surface area contributed by atoms with Crippen molar-refractivity contribution in [1.29, 1.82) is 0 Å². The van der Waals surface area contributed by atoms with Crippen LogP contribution in [0.4, 0.5) is 0 Å². The van der Waals surface area contributed by atoms with Gasteiger partial charge >= 0.3 is 0 Å². The summed E-state index contributed by atoms with van der Waals surface area (Å²) in [6.07, 6.45) is 0. The fraction of sp³-hybridized carbons (Fsp3) is 0.333. The highest BCUT2D eigenvalue weighted by molar-refractivity contribution is 7.10. The highest BCUT2D eigenvalue weighted by atomic mass is 32.1. The molecule has 0 saturated carbocycles. The lowest BCUT2D eigenvalue weighted by Gasteiger charge is -2.24. The zero-order valence-electron chi connectivity index (χ0n) is 11.1. The maximum atomic E-state index is 5.25. The molecule has 1 aromatic heterocycles. The molecule has 0 amide bonds. The maximum Gasteiger partial charge on any atom is 0.119 e. The first-order chi connectivity index (χ1) is 8.70. The third-order valence-electron chi connectivity index (χ3n) is 3.18. The number of hydrogen-bond acceptors (Lipinski definition) is 3. The Morgan fingerprint density at radius 1 is 1.28 bits per heavy atom. The van der Waals surface area contributed by atoms with Gasteiger partial charge in [-0.05, 0) is 43.1 Å². The number of ether oxygens (including phenoxy) is 1. The smallest absolute Gasteiger partial charge is 0.119 e. The lowest BCUT2D eigenvalue weighted by molar-refractivity contribution is 0.256. The first kappa shape index (κ1) is 13.1. The minimum atomic E-state index is 0.441. The Morgan fingerprint density at radius 3 is 2.78 bits per heavy atom. The van der Waals surface area contributed by atoms with E-state index in [9.17, 15) is 0 Å². The average Bonchev–Trinajstić information content (AvgIpc) is 2.92. The molecule has 1 unspecified atom stereocenters. The zero-order chi connectivity index (χ0) is 13.0. The van der Waals surface area contributed by atoms with E-state index in [4.69, 9.17) is 4.74 Å². The second-order valence-electron chi connectivity index (χ2n) is 4.46. The van der Waals surface area contributed by atoms with E-state index in [0.29, 0.717) is 6.04 Å². The highest BCUT2D eigenvalue weighted by Crippen LogP contribution is 2.25. The van der Waals surface area contributed by atoms with Gasteiger partial charge in [-0.2, -0.15) is 0 Å². The van der Waals surface area contributed by atoms with Crippen LogP contribution in [-0.2, 0) is 6.54 Å². The molecule has 0 radical (unpaired) electrons. The van der Waals surface area contributed by atoms with Crippen molar-refractivity contribution in [2.75, 3.05) is 14.2 Å². The minimum absolute atomic E-state index is 0.441. The average molecular weight is 261 g/mol. The van der Waals surface area contributed by atoms with Crippen LogP contribution in [0.3, 0.4) is 0 Å². The fourth-order valence-corrected chi connectivity index (χ4v) is 2.79. The molecule has 0 saturated heterocycles. The molecule has 96 valence electrons. The van der Waals surface area contributed by atoms with Gasteiger partial charge in [-0.15, -0.1) is 11.3 Å². The largest absolute Gasteiger partial charge is 0.497 e. The maximum absolute atomic E-state index is 5.25. The quantitative estimate of drug-likeness (QED) is 0.808. The van der Waals surface area contributed by atoms with Crippen LogP contribution in [0.2, 0.25) is 0 Å². The Morgan fingerprint density at radius 2 is 2.11 bits per heavy atom. The summed E-state index contributed by atoms with van der Waals surface area (Å²) < 4.78 is 5.25. The van der Waals surface area contributed by atoms with Crippen molar-refractivity contribution in [3.05, 3.63) is 52.2 Å². The number of rotatable bonds is 5. The van der Waals surface area contributed by atoms with Crippen molar-refractivity contribution in [2.45, 2.75) is 19.5 Å². The summed E-state index contributed by atoms with van der Waals surface area (Å²) in [7, 11) is 3.86. The van der Waals surface area contributed by atoms with Gasteiger partial charge in [0.2, 0.25) is 0 Å². The van der Waals surface area contributed by atoms with Crippen molar-refractivity contribution in [3.8, 4) is 5.75 Å². The van der Waals surface area contributed by atoms with Crippen LogP contribution in [0, 0.1) is 0 Å². The van der Waals surface area contributed by atoms with E-state index in [1.807, 2.05) is 23.5 Å². The van der Waals surface area contributed by atoms with Gasteiger partial charge in [0.05, 0.1) is 7.11 Å². The van der Waals surface area contributed by atoms with E-state index in [0.717, 1.165) is 12.3 Å². The first-order valence-electron chi connectivity index (χ1n) is 6.07. The Bertz CT molecular complexity index is 481. The van der Waals surface area contributed by atoms with Gasteiger partial charge in [-0.1, -0.05) is 18.2 Å². The van der Waals surface area contributed by atoms with Crippen molar-refractivity contribution >= 4 is 11.3 Å². The second kappa shape index (κ2) is 6.03.